The van der Waals surface area contributed by atoms with Crippen LogP contribution in [0.4, 0.5) is 15.5 Å². The van der Waals surface area contributed by atoms with Gasteiger partial charge >= 0.3 is 6.03 Å². The molecule has 3 amide bonds. The molecule has 0 spiro atoms. The molecule has 3 rings (SSSR count). The van der Waals surface area contributed by atoms with Gasteiger partial charge in [0.2, 0.25) is 0 Å². The van der Waals surface area contributed by atoms with Crippen molar-refractivity contribution in [2.45, 2.75) is 6.92 Å². The zero-order chi connectivity index (χ0) is 19.4. The lowest BCUT2D eigenvalue weighted by atomic mass is 10.1. The van der Waals surface area contributed by atoms with E-state index in [0.717, 1.165) is 4.70 Å². The third kappa shape index (κ3) is 4.12. The molecule has 0 saturated carbocycles. The number of rotatable bonds is 6. The first-order chi connectivity index (χ1) is 13.0. The van der Waals surface area contributed by atoms with Crippen molar-refractivity contribution < 1.29 is 19.1 Å². The Balaban J connectivity index is 1.84. The van der Waals surface area contributed by atoms with Gasteiger partial charge in [-0.05, 0) is 49.4 Å². The second-order valence-corrected chi connectivity index (χ2v) is 6.62. The highest BCUT2D eigenvalue weighted by molar-refractivity contribution is 7.23. The average Bonchev–Trinajstić information content (AvgIpc) is 2.99. The van der Waals surface area contributed by atoms with Crippen LogP contribution in [0.2, 0.25) is 0 Å². The van der Waals surface area contributed by atoms with Crippen LogP contribution in [-0.4, -0.2) is 25.7 Å². The molecule has 0 aliphatic heterocycles. The lowest BCUT2D eigenvalue weighted by molar-refractivity contribution is 0.100. The largest absolute Gasteiger partial charge is 0.497 e. The molecule has 8 heteroatoms. The lowest BCUT2D eigenvalue weighted by Gasteiger charge is -2.08. The van der Waals surface area contributed by atoms with Crippen molar-refractivity contribution in [3.8, 4) is 11.5 Å². The summed E-state index contributed by atoms with van der Waals surface area (Å²) in [6, 6.07) is 11.8. The van der Waals surface area contributed by atoms with Crippen molar-refractivity contribution in [3.05, 3.63) is 48.0 Å². The number of amides is 3. The number of thiophene rings is 1. The molecule has 1 aromatic heterocycles. The van der Waals surface area contributed by atoms with Gasteiger partial charge in [0.1, 0.15) is 16.5 Å². The maximum absolute atomic E-state index is 12.3. The van der Waals surface area contributed by atoms with Crippen molar-refractivity contribution in [2.75, 3.05) is 24.4 Å². The molecule has 0 atom stereocenters. The average molecular weight is 385 g/mol. The normalized spacial score (nSPS) is 10.4. The fourth-order valence-electron chi connectivity index (χ4n) is 2.61. The summed E-state index contributed by atoms with van der Waals surface area (Å²) in [5.41, 5.74) is 6.40. The summed E-state index contributed by atoms with van der Waals surface area (Å²) in [6.45, 7) is 2.43. The number of nitrogens with one attached hydrogen (secondary N) is 2. The first-order valence-corrected chi connectivity index (χ1v) is 9.04. The Hall–Kier alpha value is -3.26. The summed E-state index contributed by atoms with van der Waals surface area (Å²) < 4.78 is 11.4. The summed E-state index contributed by atoms with van der Waals surface area (Å²) in [5.74, 6) is 0.772. The Morgan fingerprint density at radius 2 is 1.78 bits per heavy atom. The predicted octanol–water partition coefficient (Wildman–Crippen LogP) is 4.05. The third-order valence-corrected chi connectivity index (χ3v) is 4.86. The second-order valence-electron chi connectivity index (χ2n) is 5.57. The number of benzene rings is 2. The van der Waals surface area contributed by atoms with Crippen LogP contribution in [-0.2, 0) is 0 Å². The van der Waals surface area contributed by atoms with E-state index in [2.05, 4.69) is 10.6 Å². The highest BCUT2D eigenvalue weighted by Gasteiger charge is 2.19. The Morgan fingerprint density at radius 3 is 2.41 bits per heavy atom. The van der Waals surface area contributed by atoms with E-state index in [-0.39, 0.29) is 5.56 Å². The number of anilines is 2. The summed E-state index contributed by atoms with van der Waals surface area (Å²) in [5, 5.41) is 6.48. The first-order valence-electron chi connectivity index (χ1n) is 8.23. The number of methoxy groups -OCH3 is 1. The lowest BCUT2D eigenvalue weighted by Crippen LogP contribution is -2.21. The molecule has 1 heterocycles. The van der Waals surface area contributed by atoms with Crippen molar-refractivity contribution in [1.82, 2.24) is 0 Å². The molecule has 3 aromatic rings. The monoisotopic (exact) mass is 385 g/mol. The van der Waals surface area contributed by atoms with Gasteiger partial charge in [-0.15, -0.1) is 11.3 Å². The number of carbonyl (C=O) groups excluding carboxylic acids is 2. The first kappa shape index (κ1) is 18.5. The number of urea groups is 1. The fourth-order valence-corrected chi connectivity index (χ4v) is 3.74. The fraction of sp³-hybridized carbons (Fsp3) is 0.158. The molecular weight excluding hydrogens is 366 g/mol. The van der Waals surface area contributed by atoms with Gasteiger partial charge in [0, 0.05) is 15.8 Å². The van der Waals surface area contributed by atoms with Crippen LogP contribution in [0.15, 0.2) is 42.5 Å². The summed E-state index contributed by atoms with van der Waals surface area (Å²) >= 11 is 1.26. The van der Waals surface area contributed by atoms with Gasteiger partial charge in [-0.2, -0.15) is 0 Å². The number of fused-ring (bicyclic) bond motifs is 1. The second kappa shape index (κ2) is 7.96. The van der Waals surface area contributed by atoms with E-state index in [1.165, 1.54) is 11.3 Å². The van der Waals surface area contributed by atoms with Gasteiger partial charge < -0.3 is 20.5 Å². The number of hydrogen-bond donors (Lipinski definition) is 3. The molecule has 27 heavy (non-hydrogen) atoms. The topological polar surface area (TPSA) is 103 Å². The van der Waals surface area contributed by atoms with E-state index >= 15 is 0 Å². The molecule has 0 aliphatic rings. The highest BCUT2D eigenvalue weighted by Crippen LogP contribution is 2.37. The zero-order valence-electron chi connectivity index (χ0n) is 14.9. The minimum absolute atomic E-state index is 0.280. The van der Waals surface area contributed by atoms with Gasteiger partial charge in [0.05, 0.1) is 19.3 Å². The minimum atomic E-state index is -0.606. The Labute approximate surface area is 160 Å². The Kier molecular flexibility index (Phi) is 5.46. The van der Waals surface area contributed by atoms with Crippen LogP contribution in [0.1, 0.15) is 17.3 Å². The van der Waals surface area contributed by atoms with Crippen LogP contribution in [0.25, 0.3) is 10.1 Å². The van der Waals surface area contributed by atoms with Crippen molar-refractivity contribution >= 4 is 44.0 Å². The molecule has 0 radical (unpaired) electrons. The van der Waals surface area contributed by atoms with Crippen molar-refractivity contribution in [2.24, 2.45) is 5.73 Å². The van der Waals surface area contributed by atoms with E-state index in [4.69, 9.17) is 15.2 Å². The molecule has 0 saturated heterocycles. The SMILES string of the molecule is CCOc1ccc2c(C(N)=O)c(NC(=O)Nc3ccc(OC)cc3)sc2c1. The highest BCUT2D eigenvalue weighted by atomic mass is 32.1. The molecule has 0 unspecified atom stereocenters. The smallest absolute Gasteiger partial charge is 0.324 e. The molecule has 7 nitrogen and oxygen atoms in total. The minimum Gasteiger partial charge on any atom is -0.497 e. The van der Waals surface area contributed by atoms with E-state index < -0.39 is 11.9 Å². The number of carbonyl (C=O) groups is 2. The zero-order valence-corrected chi connectivity index (χ0v) is 15.7. The summed E-state index contributed by atoms with van der Waals surface area (Å²) in [7, 11) is 1.57. The molecule has 0 aliphatic carbocycles. The van der Waals surface area contributed by atoms with E-state index in [9.17, 15) is 9.59 Å². The predicted molar refractivity (Wildman–Crippen MR) is 107 cm³/mol. The van der Waals surface area contributed by atoms with E-state index in [1.54, 1.807) is 43.5 Å². The van der Waals surface area contributed by atoms with Crippen molar-refractivity contribution in [1.29, 1.82) is 0 Å². The van der Waals surface area contributed by atoms with Crippen LogP contribution in [0, 0.1) is 0 Å². The molecule has 4 N–H and O–H groups in total. The molecule has 2 aromatic carbocycles. The quantitative estimate of drug-likeness (QED) is 0.595. The molecule has 0 fully saturated rings. The molecule has 140 valence electrons. The standard InChI is InChI=1S/C19H19N3O4S/c1-3-26-13-8-9-14-15(10-13)27-18(16(14)17(20)23)22-19(24)21-11-4-6-12(25-2)7-5-11/h4-10H,3H2,1-2H3,(H2,20,23)(H2,21,22,24). The van der Waals surface area contributed by atoms with Gasteiger partial charge in [0.25, 0.3) is 5.91 Å². The maximum atomic E-state index is 12.3. The van der Waals surface area contributed by atoms with Crippen LogP contribution >= 0.6 is 11.3 Å². The van der Waals surface area contributed by atoms with Crippen LogP contribution in [0.5, 0.6) is 11.5 Å². The molecule has 0 bridgehead atoms. The number of ether oxygens (including phenoxy) is 2. The summed E-state index contributed by atoms with van der Waals surface area (Å²) in [4.78, 5) is 24.3. The summed E-state index contributed by atoms with van der Waals surface area (Å²) in [6.07, 6.45) is 0. The van der Waals surface area contributed by atoms with Gasteiger partial charge in [-0.25, -0.2) is 4.79 Å². The van der Waals surface area contributed by atoms with E-state index in [1.807, 2.05) is 13.0 Å². The van der Waals surface area contributed by atoms with E-state index in [0.29, 0.717) is 34.2 Å². The maximum Gasteiger partial charge on any atom is 0.324 e. The van der Waals surface area contributed by atoms with Gasteiger partial charge in [-0.3, -0.25) is 10.1 Å². The number of hydrogen-bond acceptors (Lipinski definition) is 5. The Bertz CT molecular complexity index is 983. The number of nitrogens with two attached hydrogens (primary N) is 1. The third-order valence-electron chi connectivity index (χ3n) is 3.79. The Morgan fingerprint density at radius 1 is 1.07 bits per heavy atom. The number of primary amides is 1. The molecular formula is C19H19N3O4S. The van der Waals surface area contributed by atoms with Crippen LogP contribution < -0.4 is 25.8 Å². The van der Waals surface area contributed by atoms with Gasteiger partial charge in [-0.1, -0.05) is 0 Å². The van der Waals surface area contributed by atoms with Crippen molar-refractivity contribution in [3.63, 3.8) is 0 Å². The van der Waals surface area contributed by atoms with Crippen LogP contribution in [0.3, 0.4) is 0 Å². The van der Waals surface area contributed by atoms with Gasteiger partial charge in [0.15, 0.2) is 0 Å².